The molecule has 0 aromatic heterocycles. The van der Waals surface area contributed by atoms with Gasteiger partial charge in [0.05, 0.1) is 0 Å². The summed E-state index contributed by atoms with van der Waals surface area (Å²) >= 11 is 0. The molecule has 130 valence electrons. The summed E-state index contributed by atoms with van der Waals surface area (Å²) < 4.78 is 39.6. The third kappa shape index (κ3) is 4.73. The first-order valence-electron chi connectivity index (χ1n) is 7.69. The molecule has 1 amide bonds. The van der Waals surface area contributed by atoms with E-state index in [1.54, 1.807) is 0 Å². The number of alkyl halides is 3. The van der Waals surface area contributed by atoms with Gasteiger partial charge < -0.3 is 10.6 Å². The summed E-state index contributed by atoms with van der Waals surface area (Å²) in [5, 5.41) is 5.59. The highest BCUT2D eigenvalue weighted by Crippen LogP contribution is 2.49. The van der Waals surface area contributed by atoms with E-state index in [4.69, 9.17) is 0 Å². The van der Waals surface area contributed by atoms with Crippen molar-refractivity contribution >= 4 is 18.3 Å². The summed E-state index contributed by atoms with van der Waals surface area (Å²) in [7, 11) is 0. The Morgan fingerprint density at radius 1 is 1.32 bits per heavy atom. The highest BCUT2D eigenvalue weighted by atomic mass is 35.5. The van der Waals surface area contributed by atoms with Crippen LogP contribution in [0, 0.1) is 5.41 Å². The zero-order valence-electron chi connectivity index (χ0n) is 12.8. The van der Waals surface area contributed by atoms with Crippen LogP contribution in [0.3, 0.4) is 0 Å². The molecule has 0 aromatic rings. The van der Waals surface area contributed by atoms with E-state index in [2.05, 4.69) is 10.6 Å². The SMILES string of the molecule is CCCC1(C(=O)NCC(N2CCNCC2)C(F)(F)F)CC1.Cl. The van der Waals surface area contributed by atoms with Crippen LogP contribution in [-0.2, 0) is 4.79 Å². The van der Waals surface area contributed by atoms with Crippen molar-refractivity contribution in [3.63, 3.8) is 0 Å². The molecule has 2 fully saturated rings. The van der Waals surface area contributed by atoms with E-state index < -0.39 is 12.2 Å². The molecule has 1 aliphatic carbocycles. The molecule has 22 heavy (non-hydrogen) atoms. The van der Waals surface area contributed by atoms with Crippen LogP contribution in [0.5, 0.6) is 0 Å². The van der Waals surface area contributed by atoms with Crippen LogP contribution in [-0.4, -0.2) is 55.7 Å². The predicted octanol–water partition coefficient (Wildman–Crippen LogP) is 1.94. The Morgan fingerprint density at radius 3 is 2.36 bits per heavy atom. The fraction of sp³-hybridized carbons (Fsp3) is 0.929. The molecular formula is C14H25ClF3N3O. The number of hydrogen-bond donors (Lipinski definition) is 2. The third-order valence-corrected chi connectivity index (χ3v) is 4.49. The number of amides is 1. The fourth-order valence-electron chi connectivity index (χ4n) is 3.04. The first-order chi connectivity index (χ1) is 9.89. The minimum Gasteiger partial charge on any atom is -0.354 e. The molecule has 1 unspecified atom stereocenters. The fourth-order valence-corrected chi connectivity index (χ4v) is 3.04. The zero-order valence-corrected chi connectivity index (χ0v) is 13.7. The largest absolute Gasteiger partial charge is 0.405 e. The molecule has 2 aliphatic rings. The van der Waals surface area contributed by atoms with Crippen LogP contribution < -0.4 is 10.6 Å². The number of nitrogens with zero attached hydrogens (tertiary/aromatic N) is 1. The second-order valence-electron chi connectivity index (χ2n) is 6.08. The van der Waals surface area contributed by atoms with E-state index in [0.29, 0.717) is 26.2 Å². The van der Waals surface area contributed by atoms with E-state index in [-0.39, 0.29) is 30.3 Å². The predicted molar refractivity (Wildman–Crippen MR) is 81.1 cm³/mol. The van der Waals surface area contributed by atoms with Crippen LogP contribution in [0.15, 0.2) is 0 Å². The quantitative estimate of drug-likeness (QED) is 0.774. The number of carbonyl (C=O) groups is 1. The Balaban J connectivity index is 0.00000242. The highest BCUT2D eigenvalue weighted by molar-refractivity contribution is 5.85. The van der Waals surface area contributed by atoms with Crippen molar-refractivity contribution in [3.05, 3.63) is 0 Å². The maximum atomic E-state index is 13.2. The van der Waals surface area contributed by atoms with Gasteiger partial charge in [0, 0.05) is 38.1 Å². The summed E-state index contributed by atoms with van der Waals surface area (Å²) in [6.07, 6.45) is -1.06. The molecule has 0 radical (unpaired) electrons. The number of carbonyl (C=O) groups excluding carboxylic acids is 1. The van der Waals surface area contributed by atoms with Crippen molar-refractivity contribution in [1.82, 2.24) is 15.5 Å². The minimum absolute atomic E-state index is 0. The number of hydrogen-bond acceptors (Lipinski definition) is 3. The van der Waals surface area contributed by atoms with E-state index in [0.717, 1.165) is 25.7 Å². The van der Waals surface area contributed by atoms with Crippen molar-refractivity contribution in [2.75, 3.05) is 32.7 Å². The van der Waals surface area contributed by atoms with Gasteiger partial charge in [0.25, 0.3) is 0 Å². The van der Waals surface area contributed by atoms with Crippen LogP contribution in [0.2, 0.25) is 0 Å². The molecule has 0 aromatic carbocycles. The maximum absolute atomic E-state index is 13.2. The Labute approximate surface area is 135 Å². The highest BCUT2D eigenvalue weighted by Gasteiger charge is 2.50. The molecule has 2 N–H and O–H groups in total. The monoisotopic (exact) mass is 343 g/mol. The van der Waals surface area contributed by atoms with Gasteiger partial charge >= 0.3 is 6.18 Å². The Hall–Kier alpha value is -0.530. The molecular weight excluding hydrogens is 319 g/mol. The summed E-state index contributed by atoms with van der Waals surface area (Å²) in [4.78, 5) is 13.5. The lowest BCUT2D eigenvalue weighted by molar-refractivity contribution is -0.184. The lowest BCUT2D eigenvalue weighted by Crippen LogP contribution is -2.58. The van der Waals surface area contributed by atoms with E-state index >= 15 is 0 Å². The molecule has 4 nitrogen and oxygen atoms in total. The van der Waals surface area contributed by atoms with Crippen LogP contribution in [0.1, 0.15) is 32.6 Å². The smallest absolute Gasteiger partial charge is 0.354 e. The standard InChI is InChI=1S/C14H24F3N3O.ClH/c1-2-3-13(4-5-13)12(21)19-10-11(14(15,16)17)20-8-6-18-7-9-20;/h11,18H,2-10H2,1H3,(H,19,21);1H. The molecule has 1 aliphatic heterocycles. The summed E-state index contributed by atoms with van der Waals surface area (Å²) in [6, 6.07) is -1.58. The minimum atomic E-state index is -4.31. The average molecular weight is 344 g/mol. The number of nitrogens with one attached hydrogen (secondary N) is 2. The van der Waals surface area contributed by atoms with Crippen LogP contribution in [0.25, 0.3) is 0 Å². The second-order valence-corrected chi connectivity index (χ2v) is 6.08. The van der Waals surface area contributed by atoms with Crippen molar-refractivity contribution < 1.29 is 18.0 Å². The first-order valence-corrected chi connectivity index (χ1v) is 7.69. The number of halogens is 4. The van der Waals surface area contributed by atoms with Crippen LogP contribution in [0.4, 0.5) is 13.2 Å². The van der Waals surface area contributed by atoms with Crippen LogP contribution >= 0.6 is 12.4 Å². The molecule has 2 rings (SSSR count). The molecule has 1 atom stereocenters. The van der Waals surface area contributed by atoms with E-state index in [1.165, 1.54) is 4.90 Å². The molecule has 1 saturated carbocycles. The molecule has 1 heterocycles. The molecule has 0 bridgehead atoms. The summed E-state index contributed by atoms with van der Waals surface area (Å²) in [5.41, 5.74) is -0.381. The molecule has 8 heteroatoms. The van der Waals surface area contributed by atoms with Gasteiger partial charge in [-0.05, 0) is 19.3 Å². The third-order valence-electron chi connectivity index (χ3n) is 4.49. The van der Waals surface area contributed by atoms with Gasteiger partial charge in [0.15, 0.2) is 0 Å². The van der Waals surface area contributed by atoms with Gasteiger partial charge in [-0.1, -0.05) is 13.3 Å². The van der Waals surface area contributed by atoms with Gasteiger partial charge in [-0.15, -0.1) is 12.4 Å². The molecule has 1 saturated heterocycles. The zero-order chi connectivity index (χ0) is 15.5. The van der Waals surface area contributed by atoms with Gasteiger partial charge in [-0.25, -0.2) is 0 Å². The van der Waals surface area contributed by atoms with Gasteiger partial charge in [-0.3, -0.25) is 9.69 Å². The van der Waals surface area contributed by atoms with E-state index in [9.17, 15) is 18.0 Å². The van der Waals surface area contributed by atoms with Crippen molar-refractivity contribution in [1.29, 1.82) is 0 Å². The summed E-state index contributed by atoms with van der Waals surface area (Å²) in [6.45, 7) is 3.49. The Morgan fingerprint density at radius 2 is 1.91 bits per heavy atom. The Bertz CT molecular complexity index is 369. The number of piperazine rings is 1. The number of rotatable bonds is 6. The van der Waals surface area contributed by atoms with E-state index in [1.807, 2.05) is 6.92 Å². The lowest BCUT2D eigenvalue weighted by Gasteiger charge is -2.36. The maximum Gasteiger partial charge on any atom is 0.405 e. The van der Waals surface area contributed by atoms with Crippen molar-refractivity contribution in [2.24, 2.45) is 5.41 Å². The van der Waals surface area contributed by atoms with Crippen molar-refractivity contribution in [2.45, 2.75) is 44.8 Å². The first kappa shape index (κ1) is 19.5. The second kappa shape index (κ2) is 7.84. The molecule has 0 spiro atoms. The van der Waals surface area contributed by atoms with Gasteiger partial charge in [0.1, 0.15) is 6.04 Å². The topological polar surface area (TPSA) is 44.4 Å². The van der Waals surface area contributed by atoms with Gasteiger partial charge in [0.2, 0.25) is 5.91 Å². The average Bonchev–Trinajstić information content (AvgIpc) is 3.20. The van der Waals surface area contributed by atoms with Gasteiger partial charge in [-0.2, -0.15) is 13.2 Å². The lowest BCUT2D eigenvalue weighted by atomic mass is 9.99. The summed E-state index contributed by atoms with van der Waals surface area (Å²) in [5.74, 6) is -0.200. The Kier molecular flexibility index (Phi) is 6.95. The van der Waals surface area contributed by atoms with Crippen molar-refractivity contribution in [3.8, 4) is 0 Å². The normalized spacial score (nSPS) is 22.5.